The van der Waals surface area contributed by atoms with Crippen molar-refractivity contribution in [2.45, 2.75) is 52.5 Å². The van der Waals surface area contributed by atoms with Crippen LogP contribution in [0.4, 0.5) is 11.4 Å². The fourth-order valence-corrected chi connectivity index (χ4v) is 5.41. The van der Waals surface area contributed by atoms with E-state index in [0.29, 0.717) is 0 Å². The first-order valence-corrected chi connectivity index (χ1v) is 11.9. The molecule has 0 aliphatic heterocycles. The van der Waals surface area contributed by atoms with Gasteiger partial charge in [-0.05, 0) is 84.8 Å². The second-order valence-corrected chi connectivity index (χ2v) is 10.8. The van der Waals surface area contributed by atoms with Gasteiger partial charge in [-0.1, -0.05) is 86.6 Å². The molecule has 1 aliphatic rings. The van der Waals surface area contributed by atoms with Crippen LogP contribution >= 0.6 is 0 Å². The summed E-state index contributed by atoms with van der Waals surface area (Å²) in [4.78, 5) is 2.49. The summed E-state index contributed by atoms with van der Waals surface area (Å²) in [5, 5.41) is 0. The van der Waals surface area contributed by atoms with Gasteiger partial charge in [0.1, 0.15) is 0 Å². The summed E-state index contributed by atoms with van der Waals surface area (Å²) in [5.74, 6) is 0. The molecule has 4 aromatic rings. The lowest BCUT2D eigenvalue weighted by atomic mass is 9.82. The Morgan fingerprint density at radius 3 is 1.91 bits per heavy atom. The minimum Gasteiger partial charge on any atom is -0.336 e. The van der Waals surface area contributed by atoms with E-state index in [1.165, 1.54) is 50.3 Å². The van der Waals surface area contributed by atoms with Gasteiger partial charge in [0.25, 0.3) is 0 Å². The Bertz CT molecular complexity index is 1310. The van der Waals surface area contributed by atoms with Crippen LogP contribution in [0, 0.1) is 6.92 Å². The third kappa shape index (κ3) is 3.56. The molecule has 0 aromatic heterocycles. The smallest absolute Gasteiger partial charge is 0.0451 e. The van der Waals surface area contributed by atoms with Crippen molar-refractivity contribution < 1.29 is 0 Å². The van der Waals surface area contributed by atoms with E-state index in [1.54, 1.807) is 0 Å². The van der Waals surface area contributed by atoms with Gasteiger partial charge in [0.15, 0.2) is 0 Å². The molecule has 0 spiro atoms. The number of hydrogen-bond acceptors (Lipinski definition) is 1. The molecule has 0 bridgehead atoms. The second-order valence-electron chi connectivity index (χ2n) is 10.8. The van der Waals surface area contributed by atoms with Crippen LogP contribution in [0.15, 0.2) is 91.0 Å². The van der Waals surface area contributed by atoms with Gasteiger partial charge < -0.3 is 4.90 Å². The van der Waals surface area contributed by atoms with Crippen LogP contribution in [0.25, 0.3) is 22.3 Å². The zero-order valence-electron chi connectivity index (χ0n) is 20.6. The highest BCUT2D eigenvalue weighted by Gasteiger charge is 2.36. The van der Waals surface area contributed by atoms with Crippen molar-refractivity contribution in [2.24, 2.45) is 0 Å². The molecule has 0 atom stereocenters. The summed E-state index contributed by atoms with van der Waals surface area (Å²) in [7, 11) is 0. The van der Waals surface area contributed by atoms with Gasteiger partial charge >= 0.3 is 0 Å². The van der Waals surface area contributed by atoms with Gasteiger partial charge in [-0.25, -0.2) is 0 Å². The Kier molecular flexibility index (Phi) is 4.97. The topological polar surface area (TPSA) is 3.24 Å². The molecule has 0 N–H and O–H groups in total. The predicted octanol–water partition coefficient (Wildman–Crippen LogP) is 8.90. The molecule has 1 nitrogen and oxygen atoms in total. The number of benzene rings is 4. The minimum absolute atomic E-state index is 0.0269. The van der Waals surface area contributed by atoms with Crippen molar-refractivity contribution in [3.63, 3.8) is 0 Å². The van der Waals surface area contributed by atoms with Crippen molar-refractivity contribution in [1.29, 1.82) is 0 Å². The van der Waals surface area contributed by atoms with Crippen molar-refractivity contribution in [3.8, 4) is 22.3 Å². The predicted molar refractivity (Wildman–Crippen MR) is 143 cm³/mol. The van der Waals surface area contributed by atoms with Crippen LogP contribution in [0.1, 0.15) is 51.3 Å². The number of aryl methyl sites for hydroxylation is 1. The molecule has 0 saturated carbocycles. The first kappa shape index (κ1) is 21.5. The lowest BCUT2D eigenvalue weighted by Gasteiger charge is -2.39. The third-order valence-corrected chi connectivity index (χ3v) is 7.04. The summed E-state index contributed by atoms with van der Waals surface area (Å²) in [6.07, 6.45) is 0. The normalized spacial score (nSPS) is 14.0. The molecule has 0 radical (unpaired) electrons. The van der Waals surface area contributed by atoms with Crippen LogP contribution in [-0.4, -0.2) is 5.54 Å². The minimum atomic E-state index is -0.0686. The maximum atomic E-state index is 2.49. The van der Waals surface area contributed by atoms with Crippen molar-refractivity contribution in [2.75, 3.05) is 4.90 Å². The maximum Gasteiger partial charge on any atom is 0.0451 e. The molecule has 5 rings (SSSR count). The summed E-state index contributed by atoms with van der Waals surface area (Å²) in [5.41, 5.74) is 11.9. The Hall–Kier alpha value is -3.32. The fraction of sp³-hybridized carbons (Fsp3) is 0.250. The maximum absolute atomic E-state index is 2.49. The Morgan fingerprint density at radius 2 is 1.24 bits per heavy atom. The summed E-state index contributed by atoms with van der Waals surface area (Å²) in [6, 6.07) is 33.3. The van der Waals surface area contributed by atoms with E-state index in [9.17, 15) is 0 Å². The highest BCUT2D eigenvalue weighted by atomic mass is 15.2. The summed E-state index contributed by atoms with van der Waals surface area (Å²) in [6.45, 7) is 13.8. The van der Waals surface area contributed by atoms with E-state index in [0.717, 1.165) is 0 Å². The van der Waals surface area contributed by atoms with Gasteiger partial charge in [-0.2, -0.15) is 0 Å². The molecule has 0 unspecified atom stereocenters. The lowest BCUT2D eigenvalue weighted by Crippen LogP contribution is -2.38. The van der Waals surface area contributed by atoms with Crippen molar-refractivity contribution in [1.82, 2.24) is 0 Å². The average molecular weight is 432 g/mol. The van der Waals surface area contributed by atoms with Crippen LogP contribution in [0.5, 0.6) is 0 Å². The zero-order chi connectivity index (χ0) is 23.4. The van der Waals surface area contributed by atoms with E-state index in [-0.39, 0.29) is 11.0 Å². The Morgan fingerprint density at radius 1 is 0.636 bits per heavy atom. The van der Waals surface area contributed by atoms with Crippen LogP contribution in [0.3, 0.4) is 0 Å². The van der Waals surface area contributed by atoms with Crippen LogP contribution in [-0.2, 0) is 5.41 Å². The van der Waals surface area contributed by atoms with Gasteiger partial charge in [-0.3, -0.25) is 0 Å². The highest BCUT2D eigenvalue weighted by molar-refractivity contribution is 5.85. The average Bonchev–Trinajstić information content (AvgIpc) is 3.01. The molecule has 166 valence electrons. The number of rotatable bonds is 3. The first-order valence-electron chi connectivity index (χ1n) is 11.9. The van der Waals surface area contributed by atoms with Crippen molar-refractivity contribution >= 4 is 11.4 Å². The van der Waals surface area contributed by atoms with E-state index >= 15 is 0 Å². The fourth-order valence-electron chi connectivity index (χ4n) is 5.41. The van der Waals surface area contributed by atoms with E-state index in [2.05, 4.69) is 137 Å². The zero-order valence-corrected chi connectivity index (χ0v) is 20.6. The first-order chi connectivity index (χ1) is 15.7. The SMILES string of the molecule is Cc1cc2c(cc1N(c1ccc(-c3ccccc3)cc1)C(C)(C)C)-c1ccccc1C2(C)C. The third-order valence-electron chi connectivity index (χ3n) is 7.04. The van der Waals surface area contributed by atoms with Crippen LogP contribution < -0.4 is 4.90 Å². The molecule has 33 heavy (non-hydrogen) atoms. The molecule has 0 heterocycles. The molecule has 0 fully saturated rings. The lowest BCUT2D eigenvalue weighted by molar-refractivity contribution is 0.559. The van der Waals surface area contributed by atoms with Gasteiger partial charge in [0, 0.05) is 22.3 Å². The number of anilines is 2. The van der Waals surface area contributed by atoms with E-state index in [1.807, 2.05) is 0 Å². The summed E-state index contributed by atoms with van der Waals surface area (Å²) < 4.78 is 0. The van der Waals surface area contributed by atoms with Crippen LogP contribution in [0.2, 0.25) is 0 Å². The van der Waals surface area contributed by atoms with E-state index in [4.69, 9.17) is 0 Å². The molecule has 0 amide bonds. The van der Waals surface area contributed by atoms with Crippen molar-refractivity contribution in [3.05, 3.63) is 108 Å². The van der Waals surface area contributed by atoms with Gasteiger partial charge in [-0.15, -0.1) is 0 Å². The largest absolute Gasteiger partial charge is 0.336 e. The van der Waals surface area contributed by atoms with Gasteiger partial charge in [0.2, 0.25) is 0 Å². The number of fused-ring (bicyclic) bond motifs is 3. The molecule has 1 heteroatoms. The molecule has 1 aliphatic carbocycles. The standard InChI is InChI=1S/C32H33N/c1-22-20-29-27(26-14-10-11-15-28(26)32(29,5)6)21-30(22)33(31(2,3)4)25-18-16-24(17-19-25)23-12-8-7-9-13-23/h7-21H,1-6H3. The molecule has 0 saturated heterocycles. The highest BCUT2D eigenvalue weighted by Crippen LogP contribution is 2.51. The number of nitrogens with zero attached hydrogens (tertiary/aromatic N) is 1. The number of hydrogen-bond donors (Lipinski definition) is 0. The molecule has 4 aromatic carbocycles. The van der Waals surface area contributed by atoms with E-state index < -0.39 is 0 Å². The Labute approximate surface area is 198 Å². The molecular weight excluding hydrogens is 398 g/mol. The quantitative estimate of drug-likeness (QED) is 0.313. The monoisotopic (exact) mass is 431 g/mol. The Balaban J connectivity index is 1.64. The summed E-state index contributed by atoms with van der Waals surface area (Å²) >= 11 is 0. The van der Waals surface area contributed by atoms with Gasteiger partial charge in [0.05, 0.1) is 0 Å². The second kappa shape index (κ2) is 7.63. The molecular formula is C32H33N.